The summed E-state index contributed by atoms with van der Waals surface area (Å²) in [6.07, 6.45) is 5.17. The van der Waals surface area contributed by atoms with Crippen LogP contribution < -0.4 is 0 Å². The van der Waals surface area contributed by atoms with E-state index in [0.29, 0.717) is 12.0 Å². The van der Waals surface area contributed by atoms with Gasteiger partial charge in [-0.1, -0.05) is 36.4 Å². The maximum Gasteiger partial charge on any atom is 0.253 e. The van der Waals surface area contributed by atoms with Gasteiger partial charge >= 0.3 is 0 Å². The van der Waals surface area contributed by atoms with Gasteiger partial charge in [0.25, 0.3) is 5.91 Å². The van der Waals surface area contributed by atoms with Gasteiger partial charge in [0.2, 0.25) is 0 Å². The number of aromatic nitrogens is 1. The molecule has 0 aliphatic carbocycles. The summed E-state index contributed by atoms with van der Waals surface area (Å²) < 4.78 is 5.86. The molecule has 0 spiro atoms. The summed E-state index contributed by atoms with van der Waals surface area (Å²) in [6, 6.07) is 21.0. The van der Waals surface area contributed by atoms with Gasteiger partial charge in [-0.15, -0.1) is 0 Å². The molecule has 1 amide bonds. The predicted octanol–water partition coefficient (Wildman–Crippen LogP) is 4.03. The quantitative estimate of drug-likeness (QED) is 0.614. The summed E-state index contributed by atoms with van der Waals surface area (Å²) >= 11 is 0. The van der Waals surface area contributed by atoms with Gasteiger partial charge in [-0.3, -0.25) is 14.7 Å². The van der Waals surface area contributed by atoms with Crippen LogP contribution in [0.3, 0.4) is 0 Å². The zero-order valence-electron chi connectivity index (χ0n) is 18.7. The smallest absolute Gasteiger partial charge is 0.253 e. The highest BCUT2D eigenvalue weighted by atomic mass is 16.5. The second kappa shape index (κ2) is 9.39. The zero-order valence-corrected chi connectivity index (χ0v) is 18.7. The van der Waals surface area contributed by atoms with Crippen molar-refractivity contribution < 1.29 is 9.53 Å². The number of fused-ring (bicyclic) bond motifs is 1. The Morgan fingerprint density at radius 1 is 1.03 bits per heavy atom. The number of methoxy groups -OCH3 is 1. The van der Waals surface area contributed by atoms with E-state index in [1.165, 1.54) is 5.56 Å². The molecule has 2 atom stereocenters. The van der Waals surface area contributed by atoms with Gasteiger partial charge in [-0.25, -0.2) is 0 Å². The van der Waals surface area contributed by atoms with Crippen LogP contribution in [0.25, 0.3) is 10.9 Å². The number of pyridine rings is 1. The largest absolute Gasteiger partial charge is 0.380 e. The maximum absolute atomic E-state index is 13.1. The number of benzene rings is 2. The Kier molecular flexibility index (Phi) is 6.19. The van der Waals surface area contributed by atoms with E-state index in [4.69, 9.17) is 4.74 Å². The SMILES string of the molecule is CO[C@@H]1CN(C2CCN(C(=O)c3ccc4ncccc4c3)CC2)CC1Cc1ccccc1. The molecular formula is C27H31N3O2. The van der Waals surface area contributed by atoms with Gasteiger partial charge in [0.05, 0.1) is 11.6 Å². The van der Waals surface area contributed by atoms with Crippen LogP contribution in [0.4, 0.5) is 0 Å². The molecule has 0 bridgehead atoms. The number of amides is 1. The van der Waals surface area contributed by atoms with Crippen LogP contribution in [-0.2, 0) is 11.2 Å². The molecule has 2 fully saturated rings. The van der Waals surface area contributed by atoms with E-state index in [2.05, 4.69) is 40.2 Å². The topological polar surface area (TPSA) is 45.7 Å². The number of rotatable bonds is 5. The third kappa shape index (κ3) is 4.41. The fourth-order valence-electron chi connectivity index (χ4n) is 5.38. The summed E-state index contributed by atoms with van der Waals surface area (Å²) in [5, 5.41) is 1.01. The molecule has 3 aromatic rings. The van der Waals surface area contributed by atoms with E-state index in [1.807, 2.05) is 42.3 Å². The Morgan fingerprint density at radius 2 is 1.84 bits per heavy atom. The molecule has 5 nitrogen and oxygen atoms in total. The number of carbonyl (C=O) groups is 1. The molecule has 2 aromatic carbocycles. The lowest BCUT2D eigenvalue weighted by molar-refractivity contribution is 0.0585. The van der Waals surface area contributed by atoms with Crippen molar-refractivity contribution in [1.29, 1.82) is 0 Å². The van der Waals surface area contributed by atoms with E-state index in [1.54, 1.807) is 6.20 Å². The zero-order chi connectivity index (χ0) is 21.9. The lowest BCUT2D eigenvalue weighted by Crippen LogP contribution is -2.46. The molecule has 2 aliphatic heterocycles. The second-order valence-electron chi connectivity index (χ2n) is 9.11. The van der Waals surface area contributed by atoms with Crippen LogP contribution in [0.15, 0.2) is 66.9 Å². The minimum absolute atomic E-state index is 0.132. The van der Waals surface area contributed by atoms with Crippen molar-refractivity contribution >= 4 is 16.8 Å². The fourth-order valence-corrected chi connectivity index (χ4v) is 5.38. The van der Waals surface area contributed by atoms with Gasteiger partial charge < -0.3 is 9.64 Å². The number of nitrogens with zero attached hydrogens (tertiary/aromatic N) is 3. The average molecular weight is 430 g/mol. The van der Waals surface area contributed by atoms with Gasteiger partial charge in [0.1, 0.15) is 0 Å². The molecule has 0 saturated carbocycles. The Hall–Kier alpha value is -2.76. The molecule has 5 rings (SSSR count). The third-order valence-corrected chi connectivity index (χ3v) is 7.17. The molecule has 5 heteroatoms. The number of likely N-dealkylation sites (tertiary alicyclic amines) is 2. The first-order chi connectivity index (χ1) is 15.7. The first-order valence-electron chi connectivity index (χ1n) is 11.7. The van der Waals surface area contributed by atoms with Crippen LogP contribution in [0.5, 0.6) is 0 Å². The predicted molar refractivity (Wildman–Crippen MR) is 127 cm³/mol. The molecule has 32 heavy (non-hydrogen) atoms. The second-order valence-corrected chi connectivity index (χ2v) is 9.11. The van der Waals surface area contributed by atoms with E-state index < -0.39 is 0 Å². The molecule has 3 heterocycles. The lowest BCUT2D eigenvalue weighted by Gasteiger charge is -2.37. The fraction of sp³-hybridized carbons (Fsp3) is 0.407. The standard InChI is InChI=1S/C27H31N3O2/c1-32-26-19-30(18-23(26)16-20-6-3-2-4-7-20)24-11-14-29(15-12-24)27(31)22-9-10-25-21(17-22)8-5-13-28-25/h2-10,13,17,23-24,26H,11-12,14-16,18-19H2,1H3/t23?,26-/m1/s1. The number of hydrogen-bond donors (Lipinski definition) is 0. The maximum atomic E-state index is 13.1. The van der Waals surface area contributed by atoms with Crippen molar-refractivity contribution in [3.63, 3.8) is 0 Å². The number of carbonyl (C=O) groups excluding carboxylic acids is 1. The Morgan fingerprint density at radius 3 is 2.62 bits per heavy atom. The highest BCUT2D eigenvalue weighted by molar-refractivity contribution is 5.98. The first-order valence-corrected chi connectivity index (χ1v) is 11.7. The Balaban J connectivity index is 1.19. The van der Waals surface area contributed by atoms with Crippen molar-refractivity contribution in [3.05, 3.63) is 78.0 Å². The summed E-state index contributed by atoms with van der Waals surface area (Å²) in [5.74, 6) is 0.653. The van der Waals surface area contributed by atoms with Crippen molar-refractivity contribution in [3.8, 4) is 0 Å². The van der Waals surface area contributed by atoms with Gasteiger partial charge in [0.15, 0.2) is 0 Å². The number of ether oxygens (including phenoxy) is 1. The summed E-state index contributed by atoms with van der Waals surface area (Å²) in [6.45, 7) is 3.69. The van der Waals surface area contributed by atoms with E-state index in [0.717, 1.165) is 61.9 Å². The van der Waals surface area contributed by atoms with E-state index in [-0.39, 0.29) is 12.0 Å². The summed E-state index contributed by atoms with van der Waals surface area (Å²) in [5.41, 5.74) is 3.06. The monoisotopic (exact) mass is 429 g/mol. The highest BCUT2D eigenvalue weighted by Crippen LogP contribution is 2.29. The molecule has 166 valence electrons. The van der Waals surface area contributed by atoms with E-state index in [9.17, 15) is 4.79 Å². The van der Waals surface area contributed by atoms with Crippen LogP contribution >= 0.6 is 0 Å². The van der Waals surface area contributed by atoms with Gasteiger partial charge in [-0.05, 0) is 49.1 Å². The van der Waals surface area contributed by atoms with Crippen molar-refractivity contribution in [2.75, 3.05) is 33.3 Å². The van der Waals surface area contributed by atoms with Crippen LogP contribution in [0, 0.1) is 5.92 Å². The molecule has 2 saturated heterocycles. The van der Waals surface area contributed by atoms with Crippen LogP contribution in [0.2, 0.25) is 0 Å². The van der Waals surface area contributed by atoms with Crippen molar-refractivity contribution in [2.45, 2.75) is 31.4 Å². The van der Waals surface area contributed by atoms with Crippen molar-refractivity contribution in [1.82, 2.24) is 14.8 Å². The third-order valence-electron chi connectivity index (χ3n) is 7.17. The lowest BCUT2D eigenvalue weighted by atomic mass is 9.96. The molecule has 2 aliphatic rings. The van der Waals surface area contributed by atoms with Crippen LogP contribution in [-0.4, -0.2) is 66.1 Å². The Labute approximate surface area is 190 Å². The molecular weight excluding hydrogens is 398 g/mol. The minimum Gasteiger partial charge on any atom is -0.380 e. The average Bonchev–Trinajstić information content (AvgIpc) is 3.26. The molecule has 0 radical (unpaired) electrons. The number of hydrogen-bond acceptors (Lipinski definition) is 4. The summed E-state index contributed by atoms with van der Waals surface area (Å²) in [7, 11) is 1.84. The van der Waals surface area contributed by atoms with Gasteiger partial charge in [-0.2, -0.15) is 0 Å². The van der Waals surface area contributed by atoms with Gasteiger partial charge in [0, 0.05) is 62.4 Å². The first kappa shape index (κ1) is 21.1. The van der Waals surface area contributed by atoms with Crippen molar-refractivity contribution in [2.24, 2.45) is 5.92 Å². The molecule has 1 aromatic heterocycles. The van der Waals surface area contributed by atoms with Crippen LogP contribution in [0.1, 0.15) is 28.8 Å². The Bertz CT molecular complexity index is 1060. The summed E-state index contributed by atoms with van der Waals surface area (Å²) in [4.78, 5) is 22.1. The molecule has 1 unspecified atom stereocenters. The number of piperidine rings is 1. The normalized spacial score (nSPS) is 22.5. The minimum atomic E-state index is 0.132. The highest BCUT2D eigenvalue weighted by Gasteiger charge is 2.37. The molecule has 0 N–H and O–H groups in total. The van der Waals surface area contributed by atoms with E-state index >= 15 is 0 Å².